The maximum atomic E-state index is 11.9. The summed E-state index contributed by atoms with van der Waals surface area (Å²) in [6, 6.07) is 7.10. The van der Waals surface area contributed by atoms with Gasteiger partial charge in [0.15, 0.2) is 0 Å². The molecule has 18 heavy (non-hydrogen) atoms. The van der Waals surface area contributed by atoms with Gasteiger partial charge in [-0.15, -0.1) is 0 Å². The Balaban J connectivity index is 2.08. The van der Waals surface area contributed by atoms with E-state index in [1.165, 1.54) is 12.4 Å². The Kier molecular flexibility index (Phi) is 3.52. The lowest BCUT2D eigenvalue weighted by Gasteiger charge is -2.05. The fourth-order valence-electron chi connectivity index (χ4n) is 1.39. The van der Waals surface area contributed by atoms with Gasteiger partial charge in [-0.25, -0.2) is 9.97 Å². The highest BCUT2D eigenvalue weighted by Crippen LogP contribution is 2.15. The van der Waals surface area contributed by atoms with Crippen molar-refractivity contribution in [2.24, 2.45) is 0 Å². The Morgan fingerprint density at radius 1 is 1.17 bits per heavy atom. The van der Waals surface area contributed by atoms with Crippen LogP contribution in [0.3, 0.4) is 0 Å². The van der Waals surface area contributed by atoms with Gasteiger partial charge in [-0.3, -0.25) is 4.79 Å². The number of hydrogen-bond donors (Lipinski definition) is 1. The summed E-state index contributed by atoms with van der Waals surface area (Å²) < 4.78 is 5.04. The minimum atomic E-state index is -0.236. The number of carbonyl (C=O) groups is 1. The van der Waals surface area contributed by atoms with E-state index in [1.54, 1.807) is 38.3 Å². The number of ether oxygens (including phenoxy) is 1. The van der Waals surface area contributed by atoms with E-state index in [4.69, 9.17) is 4.74 Å². The van der Waals surface area contributed by atoms with Crippen LogP contribution in [0, 0.1) is 6.92 Å². The summed E-state index contributed by atoms with van der Waals surface area (Å²) in [5.74, 6) is 1.14. The standard InChI is InChI=1S/C13H13N3O2/c1-9-14-7-10(8-15-9)13(17)16-11-3-5-12(18-2)6-4-11/h3-8H,1-2H3,(H,16,17). The number of aromatic nitrogens is 2. The van der Waals surface area contributed by atoms with Gasteiger partial charge in [-0.1, -0.05) is 0 Å². The maximum Gasteiger partial charge on any atom is 0.258 e. The van der Waals surface area contributed by atoms with Crippen molar-refractivity contribution in [2.75, 3.05) is 12.4 Å². The Morgan fingerprint density at radius 3 is 2.33 bits per heavy atom. The molecule has 0 aliphatic rings. The van der Waals surface area contributed by atoms with Gasteiger partial charge in [0.25, 0.3) is 5.91 Å². The van der Waals surface area contributed by atoms with Crippen LogP contribution in [0.2, 0.25) is 0 Å². The summed E-state index contributed by atoms with van der Waals surface area (Å²) in [5.41, 5.74) is 1.12. The van der Waals surface area contributed by atoms with Crippen molar-refractivity contribution in [3.63, 3.8) is 0 Å². The van der Waals surface area contributed by atoms with E-state index in [0.29, 0.717) is 17.1 Å². The molecule has 0 saturated heterocycles. The number of carbonyl (C=O) groups excluding carboxylic acids is 1. The molecule has 5 nitrogen and oxygen atoms in total. The monoisotopic (exact) mass is 243 g/mol. The van der Waals surface area contributed by atoms with E-state index >= 15 is 0 Å². The van der Waals surface area contributed by atoms with Crippen molar-refractivity contribution < 1.29 is 9.53 Å². The molecule has 0 bridgehead atoms. The number of methoxy groups -OCH3 is 1. The Morgan fingerprint density at radius 2 is 1.78 bits per heavy atom. The molecule has 0 unspecified atom stereocenters. The van der Waals surface area contributed by atoms with Crippen molar-refractivity contribution in [2.45, 2.75) is 6.92 Å². The van der Waals surface area contributed by atoms with E-state index < -0.39 is 0 Å². The van der Waals surface area contributed by atoms with Crippen LogP contribution >= 0.6 is 0 Å². The van der Waals surface area contributed by atoms with Crippen molar-refractivity contribution in [3.05, 3.63) is 48.0 Å². The third kappa shape index (κ3) is 2.82. The third-order valence-corrected chi connectivity index (χ3v) is 2.39. The zero-order chi connectivity index (χ0) is 13.0. The van der Waals surface area contributed by atoms with Gasteiger partial charge in [0.2, 0.25) is 0 Å². The van der Waals surface area contributed by atoms with Crippen molar-refractivity contribution in [1.82, 2.24) is 9.97 Å². The van der Waals surface area contributed by atoms with Gasteiger partial charge >= 0.3 is 0 Å². The van der Waals surface area contributed by atoms with Gasteiger partial charge in [0.05, 0.1) is 12.7 Å². The minimum Gasteiger partial charge on any atom is -0.497 e. The van der Waals surface area contributed by atoms with Gasteiger partial charge in [0, 0.05) is 18.1 Å². The number of amides is 1. The number of nitrogens with one attached hydrogen (secondary N) is 1. The molecule has 92 valence electrons. The molecule has 5 heteroatoms. The number of anilines is 1. The summed E-state index contributed by atoms with van der Waals surface area (Å²) in [4.78, 5) is 19.8. The minimum absolute atomic E-state index is 0.236. The number of aryl methyl sites for hydroxylation is 1. The second kappa shape index (κ2) is 5.27. The van der Waals surface area contributed by atoms with Crippen LogP contribution in [0.25, 0.3) is 0 Å². The van der Waals surface area contributed by atoms with E-state index in [1.807, 2.05) is 0 Å². The first-order valence-electron chi connectivity index (χ1n) is 5.43. The Hall–Kier alpha value is -2.43. The largest absolute Gasteiger partial charge is 0.497 e. The van der Waals surface area contributed by atoms with Gasteiger partial charge < -0.3 is 10.1 Å². The van der Waals surface area contributed by atoms with Gasteiger partial charge in [-0.05, 0) is 31.2 Å². The number of benzene rings is 1. The van der Waals surface area contributed by atoms with Gasteiger partial charge in [-0.2, -0.15) is 0 Å². The molecular weight excluding hydrogens is 230 g/mol. The van der Waals surface area contributed by atoms with Crippen LogP contribution < -0.4 is 10.1 Å². The lowest BCUT2D eigenvalue weighted by Crippen LogP contribution is -2.12. The molecule has 0 aliphatic heterocycles. The fraction of sp³-hybridized carbons (Fsp3) is 0.154. The molecule has 0 aliphatic carbocycles. The second-order valence-corrected chi connectivity index (χ2v) is 3.70. The highest BCUT2D eigenvalue weighted by Gasteiger charge is 2.06. The number of nitrogens with zero attached hydrogens (tertiary/aromatic N) is 2. The van der Waals surface area contributed by atoms with Crippen LogP contribution in [-0.4, -0.2) is 23.0 Å². The fourth-order valence-corrected chi connectivity index (χ4v) is 1.39. The summed E-state index contributed by atoms with van der Waals surface area (Å²) in [5, 5.41) is 2.75. The van der Waals surface area contributed by atoms with Crippen molar-refractivity contribution >= 4 is 11.6 Å². The van der Waals surface area contributed by atoms with Crippen LogP contribution in [0.15, 0.2) is 36.7 Å². The van der Waals surface area contributed by atoms with Crippen molar-refractivity contribution in [3.8, 4) is 5.75 Å². The molecule has 1 N–H and O–H groups in total. The van der Waals surface area contributed by atoms with Crippen LogP contribution in [0.1, 0.15) is 16.2 Å². The quantitative estimate of drug-likeness (QED) is 0.896. The summed E-state index contributed by atoms with van der Waals surface area (Å²) in [6.07, 6.45) is 3.00. The lowest BCUT2D eigenvalue weighted by molar-refractivity contribution is 0.102. The molecule has 0 radical (unpaired) electrons. The SMILES string of the molecule is COc1ccc(NC(=O)c2cnc(C)nc2)cc1. The van der Waals surface area contributed by atoms with Crippen LogP contribution in [0.4, 0.5) is 5.69 Å². The molecule has 1 amide bonds. The first-order chi connectivity index (χ1) is 8.69. The zero-order valence-electron chi connectivity index (χ0n) is 10.2. The Bertz CT molecular complexity index is 535. The molecule has 2 aromatic rings. The summed E-state index contributed by atoms with van der Waals surface area (Å²) in [6.45, 7) is 1.77. The topological polar surface area (TPSA) is 64.1 Å². The summed E-state index contributed by atoms with van der Waals surface area (Å²) >= 11 is 0. The molecule has 0 saturated carbocycles. The van der Waals surface area contributed by atoms with Crippen LogP contribution in [-0.2, 0) is 0 Å². The maximum absolute atomic E-state index is 11.9. The van der Waals surface area contributed by atoms with Crippen molar-refractivity contribution in [1.29, 1.82) is 0 Å². The highest BCUT2D eigenvalue weighted by atomic mass is 16.5. The normalized spacial score (nSPS) is 9.89. The van der Waals surface area contributed by atoms with Crippen LogP contribution in [0.5, 0.6) is 5.75 Å². The molecule has 2 rings (SSSR count). The average molecular weight is 243 g/mol. The van der Waals surface area contributed by atoms with E-state index in [0.717, 1.165) is 5.75 Å². The predicted molar refractivity (Wildman–Crippen MR) is 67.7 cm³/mol. The van der Waals surface area contributed by atoms with E-state index in [2.05, 4.69) is 15.3 Å². The second-order valence-electron chi connectivity index (χ2n) is 3.70. The Labute approximate surface area is 105 Å². The first kappa shape index (κ1) is 12.0. The molecule has 1 heterocycles. The zero-order valence-corrected chi connectivity index (χ0v) is 10.2. The number of rotatable bonds is 3. The predicted octanol–water partition coefficient (Wildman–Crippen LogP) is 2.05. The average Bonchev–Trinajstić information content (AvgIpc) is 2.40. The molecule has 0 spiro atoms. The molecule has 1 aromatic heterocycles. The lowest BCUT2D eigenvalue weighted by atomic mass is 10.2. The first-order valence-corrected chi connectivity index (χ1v) is 5.43. The number of hydrogen-bond acceptors (Lipinski definition) is 4. The molecule has 0 fully saturated rings. The van der Waals surface area contributed by atoms with Gasteiger partial charge in [0.1, 0.15) is 11.6 Å². The highest BCUT2D eigenvalue weighted by molar-refractivity contribution is 6.03. The van der Waals surface area contributed by atoms with E-state index in [9.17, 15) is 4.79 Å². The smallest absolute Gasteiger partial charge is 0.258 e. The third-order valence-electron chi connectivity index (χ3n) is 2.39. The van der Waals surface area contributed by atoms with E-state index in [-0.39, 0.29) is 5.91 Å². The molecule has 1 aromatic carbocycles. The molecular formula is C13H13N3O2. The molecule has 0 atom stereocenters. The summed E-state index contributed by atoms with van der Waals surface area (Å²) in [7, 11) is 1.59.